The zero-order valence-electron chi connectivity index (χ0n) is 5.13. The summed E-state index contributed by atoms with van der Waals surface area (Å²) in [5, 5.41) is 11.3. The van der Waals surface area contributed by atoms with Crippen LogP contribution in [-0.2, 0) is 4.79 Å². The molecule has 0 bridgehead atoms. The molecule has 1 fully saturated rings. The molecule has 0 aliphatic carbocycles. The Balaban J connectivity index is 2.32. The van der Waals surface area contributed by atoms with Crippen molar-refractivity contribution in [2.45, 2.75) is 18.9 Å². The molecular formula is C6H10NO2. The summed E-state index contributed by atoms with van der Waals surface area (Å²) in [5.41, 5.74) is 0. The Bertz CT molecular complexity index is 108. The summed E-state index contributed by atoms with van der Waals surface area (Å²) < 4.78 is 0. The molecule has 3 nitrogen and oxygen atoms in total. The van der Waals surface area contributed by atoms with Gasteiger partial charge in [0.1, 0.15) is 6.61 Å². The van der Waals surface area contributed by atoms with Crippen molar-refractivity contribution in [1.82, 2.24) is 5.32 Å². The molecule has 1 atom stereocenters. The van der Waals surface area contributed by atoms with E-state index in [1.165, 1.54) is 0 Å². The van der Waals surface area contributed by atoms with E-state index in [-0.39, 0.29) is 18.4 Å². The maximum Gasteiger partial charge on any atom is 0.174 e. The minimum atomic E-state index is -0.342. The summed E-state index contributed by atoms with van der Waals surface area (Å²) in [6, 6.07) is -0.116. The number of ketones is 1. The van der Waals surface area contributed by atoms with Gasteiger partial charge in [-0.2, -0.15) is 0 Å². The monoisotopic (exact) mass is 128 g/mol. The first-order chi connectivity index (χ1) is 4.34. The van der Waals surface area contributed by atoms with Crippen LogP contribution in [0.5, 0.6) is 0 Å². The molecular weight excluding hydrogens is 118 g/mol. The second-order valence-corrected chi connectivity index (χ2v) is 2.13. The van der Waals surface area contributed by atoms with Crippen molar-refractivity contribution in [3.63, 3.8) is 0 Å². The van der Waals surface area contributed by atoms with Gasteiger partial charge in [-0.05, 0) is 12.8 Å². The second kappa shape index (κ2) is 2.94. The molecule has 0 spiro atoms. The lowest BCUT2D eigenvalue weighted by Crippen LogP contribution is -2.31. The predicted octanol–water partition coefficient (Wildman–Crippen LogP) is -0.538. The zero-order valence-corrected chi connectivity index (χ0v) is 5.13. The van der Waals surface area contributed by atoms with Gasteiger partial charge in [0.05, 0.1) is 6.04 Å². The fourth-order valence-corrected chi connectivity index (χ4v) is 0.923. The van der Waals surface area contributed by atoms with Gasteiger partial charge in [-0.3, -0.25) is 4.79 Å². The third kappa shape index (κ3) is 1.50. The largest absolute Gasteiger partial charge is 0.389 e. The van der Waals surface area contributed by atoms with Crippen LogP contribution in [0.15, 0.2) is 0 Å². The fourth-order valence-electron chi connectivity index (χ4n) is 0.923. The van der Waals surface area contributed by atoms with E-state index in [2.05, 4.69) is 5.32 Å². The molecule has 1 radical (unpaired) electrons. The van der Waals surface area contributed by atoms with Crippen molar-refractivity contribution in [2.75, 3.05) is 6.61 Å². The molecule has 0 saturated carbocycles. The van der Waals surface area contributed by atoms with Crippen molar-refractivity contribution in [3.8, 4) is 0 Å². The van der Waals surface area contributed by atoms with Crippen molar-refractivity contribution < 1.29 is 9.90 Å². The normalized spacial score (nSPS) is 26.6. The quantitative estimate of drug-likeness (QED) is 0.525. The standard InChI is InChI=1S/C6H10NO2/c8-4-6(9)5-2-1-3-7-5/h3,5,7-8H,1-2,4H2. The highest BCUT2D eigenvalue weighted by Crippen LogP contribution is 2.08. The second-order valence-electron chi connectivity index (χ2n) is 2.13. The number of hydrogen-bond acceptors (Lipinski definition) is 3. The Kier molecular flexibility index (Phi) is 2.19. The molecule has 0 amide bonds. The molecule has 2 N–H and O–H groups in total. The Morgan fingerprint density at radius 2 is 2.67 bits per heavy atom. The lowest BCUT2D eigenvalue weighted by Gasteiger charge is -2.03. The van der Waals surface area contributed by atoms with Crippen molar-refractivity contribution in [1.29, 1.82) is 0 Å². The molecule has 1 saturated heterocycles. The number of nitrogens with one attached hydrogen (secondary N) is 1. The van der Waals surface area contributed by atoms with E-state index in [4.69, 9.17) is 5.11 Å². The van der Waals surface area contributed by atoms with Crippen LogP contribution in [0.2, 0.25) is 0 Å². The van der Waals surface area contributed by atoms with Crippen molar-refractivity contribution in [2.24, 2.45) is 0 Å². The molecule has 1 aliphatic heterocycles. The van der Waals surface area contributed by atoms with Crippen LogP contribution in [0.3, 0.4) is 0 Å². The summed E-state index contributed by atoms with van der Waals surface area (Å²) in [6.45, 7) is 1.52. The van der Waals surface area contributed by atoms with Crippen molar-refractivity contribution in [3.05, 3.63) is 6.54 Å². The lowest BCUT2D eigenvalue weighted by molar-refractivity contribution is -0.123. The maximum atomic E-state index is 10.7. The first kappa shape index (κ1) is 6.71. The van der Waals surface area contributed by atoms with Gasteiger partial charge in [-0.15, -0.1) is 0 Å². The summed E-state index contributed by atoms with van der Waals surface area (Å²) in [5.74, 6) is -0.108. The summed E-state index contributed by atoms with van der Waals surface area (Å²) >= 11 is 0. The third-order valence-electron chi connectivity index (χ3n) is 1.46. The average Bonchev–Trinajstić information content (AvgIpc) is 2.37. The Hall–Kier alpha value is -0.410. The highest BCUT2D eigenvalue weighted by atomic mass is 16.3. The van der Waals surface area contributed by atoms with Gasteiger partial charge >= 0.3 is 0 Å². The fraction of sp³-hybridized carbons (Fsp3) is 0.667. The number of carbonyl (C=O) groups is 1. The molecule has 0 aromatic heterocycles. The summed E-state index contributed by atoms with van der Waals surface area (Å²) in [7, 11) is 0. The van der Waals surface area contributed by atoms with E-state index in [0.717, 1.165) is 12.8 Å². The van der Waals surface area contributed by atoms with Gasteiger partial charge in [-0.1, -0.05) is 0 Å². The first-order valence-electron chi connectivity index (χ1n) is 3.06. The van der Waals surface area contributed by atoms with Crippen LogP contribution < -0.4 is 5.32 Å². The molecule has 0 aromatic rings. The molecule has 51 valence electrons. The smallest absolute Gasteiger partial charge is 0.174 e. The molecule has 1 unspecified atom stereocenters. The van der Waals surface area contributed by atoms with Gasteiger partial charge in [0.15, 0.2) is 5.78 Å². The number of hydrogen-bond donors (Lipinski definition) is 2. The van der Waals surface area contributed by atoms with E-state index in [1.54, 1.807) is 0 Å². The van der Waals surface area contributed by atoms with Gasteiger partial charge in [0, 0.05) is 6.54 Å². The Morgan fingerprint density at radius 3 is 3.11 bits per heavy atom. The Morgan fingerprint density at radius 1 is 1.89 bits per heavy atom. The highest BCUT2D eigenvalue weighted by Gasteiger charge is 2.20. The van der Waals surface area contributed by atoms with E-state index in [1.807, 2.05) is 6.54 Å². The van der Waals surface area contributed by atoms with Crippen LogP contribution >= 0.6 is 0 Å². The van der Waals surface area contributed by atoms with Gasteiger partial charge < -0.3 is 10.4 Å². The first-order valence-corrected chi connectivity index (χ1v) is 3.06. The zero-order chi connectivity index (χ0) is 6.69. The number of carbonyl (C=O) groups excluding carboxylic acids is 1. The highest BCUT2D eigenvalue weighted by molar-refractivity contribution is 5.85. The molecule has 3 heteroatoms. The maximum absolute atomic E-state index is 10.7. The van der Waals surface area contributed by atoms with Gasteiger partial charge in [-0.25, -0.2) is 0 Å². The predicted molar refractivity (Wildman–Crippen MR) is 32.6 cm³/mol. The molecule has 1 rings (SSSR count). The van der Waals surface area contributed by atoms with E-state index in [9.17, 15) is 4.79 Å². The molecule has 0 aromatic carbocycles. The minimum absolute atomic E-state index is 0.108. The summed E-state index contributed by atoms with van der Waals surface area (Å²) in [6.07, 6.45) is 1.76. The van der Waals surface area contributed by atoms with E-state index in [0.29, 0.717) is 0 Å². The topological polar surface area (TPSA) is 49.3 Å². The lowest BCUT2D eigenvalue weighted by atomic mass is 10.1. The number of aliphatic hydroxyl groups excluding tert-OH is 1. The van der Waals surface area contributed by atoms with Crippen LogP contribution in [0.1, 0.15) is 12.8 Å². The van der Waals surface area contributed by atoms with E-state index < -0.39 is 0 Å². The van der Waals surface area contributed by atoms with Crippen LogP contribution in [0, 0.1) is 6.54 Å². The van der Waals surface area contributed by atoms with Crippen LogP contribution in [0.4, 0.5) is 0 Å². The van der Waals surface area contributed by atoms with Crippen molar-refractivity contribution >= 4 is 5.78 Å². The number of rotatable bonds is 2. The molecule has 9 heavy (non-hydrogen) atoms. The molecule has 1 heterocycles. The van der Waals surface area contributed by atoms with E-state index >= 15 is 0 Å². The average molecular weight is 128 g/mol. The minimum Gasteiger partial charge on any atom is -0.389 e. The summed E-state index contributed by atoms with van der Waals surface area (Å²) in [4.78, 5) is 10.7. The number of Topliss-reactive ketones (excluding diaryl/α,β-unsaturated/α-hetero) is 1. The van der Waals surface area contributed by atoms with Crippen LogP contribution in [0.25, 0.3) is 0 Å². The van der Waals surface area contributed by atoms with Crippen LogP contribution in [-0.4, -0.2) is 23.5 Å². The van der Waals surface area contributed by atoms with Gasteiger partial charge in [0.2, 0.25) is 0 Å². The Labute approximate surface area is 54.1 Å². The number of aliphatic hydroxyl groups is 1. The third-order valence-corrected chi connectivity index (χ3v) is 1.46. The SMILES string of the molecule is O=C(CO)C1CC[CH]N1. The van der Waals surface area contributed by atoms with Gasteiger partial charge in [0.25, 0.3) is 0 Å². The molecule has 1 aliphatic rings.